The molecule has 1 amide bonds. The van der Waals surface area contributed by atoms with Gasteiger partial charge in [0.05, 0.1) is 5.41 Å². The molecule has 2 saturated heterocycles. The Morgan fingerprint density at radius 3 is 2.56 bits per heavy atom. The second kappa shape index (κ2) is 4.02. The summed E-state index contributed by atoms with van der Waals surface area (Å²) < 4.78 is 0. The van der Waals surface area contributed by atoms with E-state index in [9.17, 15) is 4.79 Å². The molecule has 3 aliphatic rings. The molecular formula is C13H22N2O. The molecule has 0 bridgehead atoms. The minimum Gasteiger partial charge on any atom is -0.341 e. The van der Waals surface area contributed by atoms with Gasteiger partial charge in [0.25, 0.3) is 0 Å². The lowest BCUT2D eigenvalue weighted by Gasteiger charge is -2.48. The summed E-state index contributed by atoms with van der Waals surface area (Å²) >= 11 is 0. The van der Waals surface area contributed by atoms with Crippen LogP contribution in [0.25, 0.3) is 0 Å². The Bertz CT molecular complexity index is 278. The normalized spacial score (nSPS) is 29.8. The zero-order valence-corrected chi connectivity index (χ0v) is 10.0. The third-order valence-electron chi connectivity index (χ3n) is 4.73. The largest absolute Gasteiger partial charge is 0.341 e. The van der Waals surface area contributed by atoms with E-state index in [2.05, 4.69) is 10.2 Å². The fourth-order valence-corrected chi connectivity index (χ4v) is 3.70. The summed E-state index contributed by atoms with van der Waals surface area (Å²) in [6, 6.07) is 0. The number of β-lactam (4-membered cyclic amide) rings is 1. The number of likely N-dealkylation sites (tertiary alicyclic amines) is 1. The summed E-state index contributed by atoms with van der Waals surface area (Å²) in [6.45, 7) is 4.37. The van der Waals surface area contributed by atoms with Gasteiger partial charge in [-0.25, -0.2) is 0 Å². The number of carbonyl (C=O) groups excluding carboxylic acids is 1. The van der Waals surface area contributed by atoms with Crippen molar-refractivity contribution in [3.63, 3.8) is 0 Å². The quantitative estimate of drug-likeness (QED) is 0.716. The van der Waals surface area contributed by atoms with E-state index in [1.807, 2.05) is 0 Å². The van der Waals surface area contributed by atoms with Crippen molar-refractivity contribution >= 4 is 5.91 Å². The van der Waals surface area contributed by atoms with Gasteiger partial charge >= 0.3 is 0 Å². The van der Waals surface area contributed by atoms with Crippen molar-refractivity contribution in [2.75, 3.05) is 26.2 Å². The lowest BCUT2D eigenvalue weighted by Crippen LogP contribution is -2.61. The van der Waals surface area contributed by atoms with Crippen LogP contribution in [0.2, 0.25) is 0 Å². The zero-order chi connectivity index (χ0) is 11.0. The van der Waals surface area contributed by atoms with Crippen LogP contribution in [0.4, 0.5) is 0 Å². The Morgan fingerprint density at radius 2 is 1.94 bits per heavy atom. The molecule has 2 aliphatic heterocycles. The molecule has 1 N–H and O–H groups in total. The van der Waals surface area contributed by atoms with E-state index in [1.165, 1.54) is 25.7 Å². The Morgan fingerprint density at radius 1 is 1.25 bits per heavy atom. The molecule has 0 aromatic heterocycles. The molecule has 2 heterocycles. The second-order valence-corrected chi connectivity index (χ2v) is 5.87. The molecular weight excluding hydrogens is 200 g/mol. The number of nitrogens with one attached hydrogen (secondary N) is 1. The Balaban J connectivity index is 1.52. The Hall–Kier alpha value is -0.570. The SMILES string of the molecule is O=C1N(CC2CCNCC2)CC12CCCC2. The molecule has 3 nitrogen and oxygen atoms in total. The molecule has 90 valence electrons. The molecule has 0 aromatic carbocycles. The molecule has 1 spiro atoms. The maximum absolute atomic E-state index is 12.2. The van der Waals surface area contributed by atoms with E-state index < -0.39 is 0 Å². The number of hydrogen-bond acceptors (Lipinski definition) is 2. The average Bonchev–Trinajstić information content (AvgIpc) is 2.81. The number of nitrogens with zero attached hydrogens (tertiary/aromatic N) is 1. The highest BCUT2D eigenvalue weighted by molar-refractivity contribution is 5.89. The van der Waals surface area contributed by atoms with Crippen molar-refractivity contribution in [3.05, 3.63) is 0 Å². The summed E-state index contributed by atoms with van der Waals surface area (Å²) in [5, 5.41) is 3.38. The second-order valence-electron chi connectivity index (χ2n) is 5.87. The maximum atomic E-state index is 12.2. The standard InChI is InChI=1S/C13H22N2O/c16-12-13(5-1-2-6-13)10-15(12)9-11-3-7-14-8-4-11/h11,14H,1-10H2. The number of carbonyl (C=O) groups is 1. The molecule has 0 aromatic rings. The van der Waals surface area contributed by atoms with Crippen LogP contribution in [-0.4, -0.2) is 37.0 Å². The summed E-state index contributed by atoms with van der Waals surface area (Å²) in [4.78, 5) is 14.3. The highest BCUT2D eigenvalue weighted by Crippen LogP contribution is 2.46. The number of hydrogen-bond donors (Lipinski definition) is 1. The van der Waals surface area contributed by atoms with E-state index in [4.69, 9.17) is 0 Å². The van der Waals surface area contributed by atoms with Gasteiger partial charge in [-0.05, 0) is 44.7 Å². The van der Waals surface area contributed by atoms with Gasteiger partial charge in [-0.15, -0.1) is 0 Å². The van der Waals surface area contributed by atoms with Gasteiger partial charge in [-0.1, -0.05) is 12.8 Å². The predicted molar refractivity (Wildman–Crippen MR) is 63.1 cm³/mol. The van der Waals surface area contributed by atoms with E-state index in [-0.39, 0.29) is 5.41 Å². The van der Waals surface area contributed by atoms with Crippen LogP contribution in [0.5, 0.6) is 0 Å². The van der Waals surface area contributed by atoms with Crippen molar-refractivity contribution in [3.8, 4) is 0 Å². The Kier molecular flexibility index (Phi) is 2.66. The first-order valence-corrected chi connectivity index (χ1v) is 6.80. The highest BCUT2D eigenvalue weighted by atomic mass is 16.2. The summed E-state index contributed by atoms with van der Waals surface area (Å²) in [5.41, 5.74) is 0.118. The smallest absolute Gasteiger partial charge is 0.230 e. The van der Waals surface area contributed by atoms with Crippen LogP contribution < -0.4 is 5.32 Å². The molecule has 3 rings (SSSR count). The summed E-state index contributed by atoms with van der Waals surface area (Å²) in [7, 11) is 0. The highest BCUT2D eigenvalue weighted by Gasteiger charge is 2.53. The van der Waals surface area contributed by atoms with E-state index in [0.717, 1.165) is 44.9 Å². The van der Waals surface area contributed by atoms with Crippen LogP contribution in [0.3, 0.4) is 0 Å². The molecule has 0 atom stereocenters. The summed E-state index contributed by atoms with van der Waals surface area (Å²) in [5.74, 6) is 1.23. The molecule has 0 unspecified atom stereocenters. The number of rotatable bonds is 2. The first-order chi connectivity index (χ1) is 7.80. The van der Waals surface area contributed by atoms with E-state index >= 15 is 0 Å². The van der Waals surface area contributed by atoms with Crippen molar-refractivity contribution in [2.24, 2.45) is 11.3 Å². The van der Waals surface area contributed by atoms with Crippen LogP contribution in [-0.2, 0) is 4.79 Å². The Labute approximate surface area is 97.6 Å². The van der Waals surface area contributed by atoms with Crippen LogP contribution in [0.15, 0.2) is 0 Å². The van der Waals surface area contributed by atoms with Gasteiger partial charge in [-0.2, -0.15) is 0 Å². The fraction of sp³-hybridized carbons (Fsp3) is 0.923. The molecule has 3 heteroatoms. The molecule has 0 radical (unpaired) electrons. The molecule has 1 aliphatic carbocycles. The van der Waals surface area contributed by atoms with Gasteiger partial charge < -0.3 is 10.2 Å². The summed E-state index contributed by atoms with van der Waals surface area (Å²) in [6.07, 6.45) is 7.36. The van der Waals surface area contributed by atoms with Gasteiger partial charge in [0.1, 0.15) is 0 Å². The number of piperidine rings is 1. The fourth-order valence-electron chi connectivity index (χ4n) is 3.70. The maximum Gasteiger partial charge on any atom is 0.230 e. The zero-order valence-electron chi connectivity index (χ0n) is 10.0. The van der Waals surface area contributed by atoms with Crippen molar-refractivity contribution in [1.82, 2.24) is 10.2 Å². The van der Waals surface area contributed by atoms with Crippen molar-refractivity contribution in [1.29, 1.82) is 0 Å². The first kappa shape index (κ1) is 10.6. The lowest BCUT2D eigenvalue weighted by atomic mass is 9.76. The van der Waals surface area contributed by atoms with Gasteiger partial charge in [0.2, 0.25) is 5.91 Å². The third-order valence-corrected chi connectivity index (χ3v) is 4.73. The van der Waals surface area contributed by atoms with Crippen molar-refractivity contribution < 1.29 is 4.79 Å². The van der Waals surface area contributed by atoms with Crippen LogP contribution >= 0.6 is 0 Å². The minimum atomic E-state index is 0.118. The topological polar surface area (TPSA) is 32.3 Å². The van der Waals surface area contributed by atoms with Crippen LogP contribution in [0.1, 0.15) is 38.5 Å². The predicted octanol–water partition coefficient (Wildman–Crippen LogP) is 1.39. The minimum absolute atomic E-state index is 0.118. The van der Waals surface area contributed by atoms with Gasteiger partial charge in [0.15, 0.2) is 0 Å². The molecule has 16 heavy (non-hydrogen) atoms. The first-order valence-electron chi connectivity index (χ1n) is 6.80. The molecule has 1 saturated carbocycles. The molecule has 3 fully saturated rings. The monoisotopic (exact) mass is 222 g/mol. The van der Waals surface area contributed by atoms with E-state index in [0.29, 0.717) is 5.91 Å². The van der Waals surface area contributed by atoms with Crippen LogP contribution in [0, 0.1) is 11.3 Å². The van der Waals surface area contributed by atoms with Crippen molar-refractivity contribution in [2.45, 2.75) is 38.5 Å². The third kappa shape index (κ3) is 1.65. The van der Waals surface area contributed by atoms with Gasteiger partial charge in [0, 0.05) is 13.1 Å². The average molecular weight is 222 g/mol. The van der Waals surface area contributed by atoms with E-state index in [1.54, 1.807) is 0 Å². The number of amides is 1. The van der Waals surface area contributed by atoms with Gasteiger partial charge in [-0.3, -0.25) is 4.79 Å². The lowest BCUT2D eigenvalue weighted by molar-refractivity contribution is -0.160.